The van der Waals surface area contributed by atoms with Gasteiger partial charge in [-0.2, -0.15) is 0 Å². The highest BCUT2D eigenvalue weighted by atomic mass is 35.5. The van der Waals surface area contributed by atoms with E-state index in [1.54, 1.807) is 6.92 Å². The van der Waals surface area contributed by atoms with Crippen molar-refractivity contribution in [1.82, 2.24) is 14.7 Å². The zero-order valence-corrected chi connectivity index (χ0v) is 23.2. The lowest BCUT2D eigenvalue weighted by atomic mass is 9.94. The first-order chi connectivity index (χ1) is 18.3. The van der Waals surface area contributed by atoms with E-state index in [2.05, 4.69) is 9.80 Å². The van der Waals surface area contributed by atoms with Crippen LogP contribution in [0.25, 0.3) is 0 Å². The van der Waals surface area contributed by atoms with Crippen molar-refractivity contribution in [1.29, 1.82) is 0 Å². The third kappa shape index (κ3) is 6.05. The number of halogens is 2. The molecule has 2 amide bonds. The number of fused-ring (bicyclic) bond motifs is 2. The molecule has 2 bridgehead atoms. The summed E-state index contributed by atoms with van der Waals surface area (Å²) in [5.41, 5.74) is 3.01. The Balaban J connectivity index is 1.17. The number of piperazine rings is 1. The number of aryl methyl sites for hydroxylation is 1. The summed E-state index contributed by atoms with van der Waals surface area (Å²) < 4.78 is 13.3. The number of hydrogen-bond acceptors (Lipinski definition) is 4. The standard InChI is InChI=1S/C30H38ClFN4O2/c1-21-4-9-26(17-29(21)31)36(30(38)24-10-14-33(15-11-24)22(2)37)13-3-12-34-19-28-16-27(34)20-35(28)18-23-5-7-25(32)8-6-23/h4-9,17,24,27-28H,3,10-16,18-20H2,1-2H3/t27-,28-/m0/s1. The minimum atomic E-state index is -0.190. The quantitative estimate of drug-likeness (QED) is 0.486. The molecular weight excluding hydrogens is 503 g/mol. The maximum atomic E-state index is 13.7. The smallest absolute Gasteiger partial charge is 0.230 e. The van der Waals surface area contributed by atoms with Crippen molar-refractivity contribution in [3.05, 3.63) is 64.4 Å². The van der Waals surface area contributed by atoms with Crippen LogP contribution in [0, 0.1) is 18.7 Å². The summed E-state index contributed by atoms with van der Waals surface area (Å²) in [6.45, 7) is 9.39. The Kier molecular flexibility index (Phi) is 8.36. The lowest BCUT2D eigenvalue weighted by molar-refractivity contribution is -0.133. The molecule has 3 aliphatic rings. The van der Waals surface area contributed by atoms with Crippen LogP contribution >= 0.6 is 11.6 Å². The average molecular weight is 541 g/mol. The van der Waals surface area contributed by atoms with Gasteiger partial charge in [0.25, 0.3) is 0 Å². The highest BCUT2D eigenvalue weighted by molar-refractivity contribution is 6.31. The molecule has 3 aliphatic heterocycles. The summed E-state index contributed by atoms with van der Waals surface area (Å²) in [5, 5.41) is 0.671. The predicted molar refractivity (Wildman–Crippen MR) is 149 cm³/mol. The SMILES string of the molecule is CC(=O)N1CCC(C(=O)N(CCCN2C[C@@H]3C[C@H]2CN3Cc2ccc(F)cc2)c2ccc(C)c(Cl)c2)CC1. The second-order valence-electron chi connectivity index (χ2n) is 11.2. The summed E-state index contributed by atoms with van der Waals surface area (Å²) in [6, 6.07) is 13.8. The fourth-order valence-electron chi connectivity index (χ4n) is 6.33. The van der Waals surface area contributed by atoms with Crippen molar-refractivity contribution in [2.75, 3.05) is 44.2 Å². The van der Waals surface area contributed by atoms with Gasteiger partial charge >= 0.3 is 0 Å². The number of rotatable bonds is 8. The van der Waals surface area contributed by atoms with Crippen molar-refractivity contribution in [3.8, 4) is 0 Å². The molecule has 2 atom stereocenters. The lowest BCUT2D eigenvalue weighted by Gasteiger charge is -2.36. The van der Waals surface area contributed by atoms with Gasteiger partial charge in [-0.3, -0.25) is 19.4 Å². The van der Waals surface area contributed by atoms with Crippen LogP contribution in [0.2, 0.25) is 5.02 Å². The van der Waals surface area contributed by atoms with Gasteiger partial charge in [-0.1, -0.05) is 29.8 Å². The molecule has 0 radical (unpaired) electrons. The van der Waals surface area contributed by atoms with Gasteiger partial charge in [0.15, 0.2) is 0 Å². The average Bonchev–Trinajstić information content (AvgIpc) is 3.49. The van der Waals surface area contributed by atoms with Gasteiger partial charge < -0.3 is 9.80 Å². The van der Waals surface area contributed by atoms with Crippen LogP contribution in [0.4, 0.5) is 10.1 Å². The van der Waals surface area contributed by atoms with E-state index in [4.69, 9.17) is 11.6 Å². The maximum Gasteiger partial charge on any atom is 0.230 e. The molecule has 0 unspecified atom stereocenters. The monoisotopic (exact) mass is 540 g/mol. The van der Waals surface area contributed by atoms with Gasteiger partial charge in [0.1, 0.15) is 5.82 Å². The van der Waals surface area contributed by atoms with Crippen LogP contribution in [0.3, 0.4) is 0 Å². The van der Waals surface area contributed by atoms with Crippen molar-refractivity contribution in [2.45, 2.75) is 58.2 Å². The highest BCUT2D eigenvalue weighted by Gasteiger charge is 2.42. The zero-order valence-electron chi connectivity index (χ0n) is 22.4. The summed E-state index contributed by atoms with van der Waals surface area (Å²) in [4.78, 5) is 34.3. The minimum absolute atomic E-state index is 0.0755. The molecule has 0 spiro atoms. The Hall–Kier alpha value is -2.48. The Labute approximate surface area is 230 Å². The van der Waals surface area contributed by atoms with Gasteiger partial charge in [-0.05, 0) is 68.0 Å². The molecule has 3 heterocycles. The zero-order chi connectivity index (χ0) is 26.8. The topological polar surface area (TPSA) is 47.1 Å². The van der Waals surface area contributed by atoms with Gasteiger partial charge in [-0.15, -0.1) is 0 Å². The molecule has 38 heavy (non-hydrogen) atoms. The van der Waals surface area contributed by atoms with Crippen LogP contribution in [0.15, 0.2) is 42.5 Å². The van der Waals surface area contributed by atoms with E-state index in [1.165, 1.54) is 18.6 Å². The molecule has 2 aromatic rings. The Bertz CT molecular complexity index is 1150. The maximum absolute atomic E-state index is 13.7. The lowest BCUT2D eigenvalue weighted by Crippen LogP contribution is -2.47. The Morgan fingerprint density at radius 1 is 1.03 bits per heavy atom. The van der Waals surface area contributed by atoms with Crippen LogP contribution in [0.1, 0.15) is 43.7 Å². The van der Waals surface area contributed by atoms with Gasteiger partial charge in [0, 0.05) is 81.4 Å². The second kappa shape index (κ2) is 11.7. The molecule has 0 N–H and O–H groups in total. The van der Waals surface area contributed by atoms with Gasteiger partial charge in [0.2, 0.25) is 11.8 Å². The van der Waals surface area contributed by atoms with E-state index in [9.17, 15) is 14.0 Å². The molecule has 6 nitrogen and oxygen atoms in total. The van der Waals surface area contributed by atoms with Crippen LogP contribution in [-0.2, 0) is 16.1 Å². The third-order valence-corrected chi connectivity index (χ3v) is 9.02. The number of carbonyl (C=O) groups is 2. The van der Waals surface area contributed by atoms with Crippen molar-refractivity contribution >= 4 is 29.1 Å². The number of nitrogens with zero attached hydrogens (tertiary/aromatic N) is 4. The first-order valence-corrected chi connectivity index (χ1v) is 14.2. The van der Waals surface area contributed by atoms with E-state index >= 15 is 0 Å². The molecule has 8 heteroatoms. The van der Waals surface area contributed by atoms with E-state index in [0.717, 1.165) is 49.4 Å². The molecule has 3 saturated heterocycles. The number of amides is 2. The Morgan fingerprint density at radius 3 is 2.34 bits per heavy atom. The van der Waals surface area contributed by atoms with Crippen LogP contribution in [-0.4, -0.2) is 77.9 Å². The molecule has 3 fully saturated rings. The Morgan fingerprint density at radius 2 is 1.71 bits per heavy atom. The summed E-state index contributed by atoms with van der Waals surface area (Å²) in [6.07, 6.45) is 3.47. The normalized spacial score (nSPS) is 22.3. The first kappa shape index (κ1) is 27.1. The minimum Gasteiger partial charge on any atom is -0.343 e. The van der Waals surface area contributed by atoms with Gasteiger partial charge in [0.05, 0.1) is 0 Å². The molecule has 204 valence electrons. The molecular formula is C30H38ClFN4O2. The van der Waals surface area contributed by atoms with E-state index in [1.807, 2.05) is 47.1 Å². The predicted octanol–water partition coefficient (Wildman–Crippen LogP) is 4.73. The van der Waals surface area contributed by atoms with Crippen molar-refractivity contribution in [3.63, 3.8) is 0 Å². The van der Waals surface area contributed by atoms with Crippen LogP contribution < -0.4 is 4.90 Å². The van der Waals surface area contributed by atoms with Gasteiger partial charge in [-0.25, -0.2) is 4.39 Å². The van der Waals surface area contributed by atoms with Crippen LogP contribution in [0.5, 0.6) is 0 Å². The fourth-order valence-corrected chi connectivity index (χ4v) is 6.51. The molecule has 0 saturated carbocycles. The molecule has 0 aromatic heterocycles. The summed E-state index contributed by atoms with van der Waals surface area (Å²) in [7, 11) is 0. The number of benzene rings is 2. The molecule has 0 aliphatic carbocycles. The largest absolute Gasteiger partial charge is 0.343 e. The summed E-state index contributed by atoms with van der Waals surface area (Å²) in [5.74, 6) is -0.0472. The number of hydrogen-bond donors (Lipinski definition) is 0. The second-order valence-corrected chi connectivity index (χ2v) is 11.6. The van der Waals surface area contributed by atoms with E-state index in [-0.39, 0.29) is 23.5 Å². The number of likely N-dealkylation sites (tertiary alicyclic amines) is 3. The summed E-state index contributed by atoms with van der Waals surface area (Å²) >= 11 is 6.45. The number of carbonyl (C=O) groups excluding carboxylic acids is 2. The molecule has 2 aromatic carbocycles. The third-order valence-electron chi connectivity index (χ3n) is 8.62. The number of anilines is 1. The van der Waals surface area contributed by atoms with Crippen molar-refractivity contribution in [2.24, 2.45) is 5.92 Å². The van der Waals surface area contributed by atoms with Crippen molar-refractivity contribution < 1.29 is 14.0 Å². The number of piperidine rings is 1. The first-order valence-electron chi connectivity index (χ1n) is 13.8. The van der Waals surface area contributed by atoms with E-state index in [0.29, 0.717) is 49.6 Å². The van der Waals surface area contributed by atoms with E-state index < -0.39 is 0 Å². The fraction of sp³-hybridized carbons (Fsp3) is 0.533. The molecule has 5 rings (SSSR count). The highest BCUT2D eigenvalue weighted by Crippen LogP contribution is 2.32.